The predicted molar refractivity (Wildman–Crippen MR) is 71.7 cm³/mol. The van der Waals surface area contributed by atoms with E-state index in [0.717, 1.165) is 18.2 Å². The van der Waals surface area contributed by atoms with Gasteiger partial charge in [0, 0.05) is 18.7 Å². The fourth-order valence-electron chi connectivity index (χ4n) is 2.57. The molecule has 16 heavy (non-hydrogen) atoms. The normalized spacial score (nSPS) is 18.2. The van der Waals surface area contributed by atoms with Crippen LogP contribution in [0.4, 0.5) is 0 Å². The van der Waals surface area contributed by atoms with Crippen molar-refractivity contribution >= 4 is 17.7 Å². The summed E-state index contributed by atoms with van der Waals surface area (Å²) in [6.45, 7) is 5.45. The summed E-state index contributed by atoms with van der Waals surface area (Å²) in [7, 11) is 0. The van der Waals surface area contributed by atoms with Gasteiger partial charge in [0.1, 0.15) is 0 Å². The molecule has 0 atom stereocenters. The topological polar surface area (TPSA) is 29.1 Å². The first-order valence-corrected chi connectivity index (χ1v) is 7.73. The second kappa shape index (κ2) is 6.53. The second-order valence-corrected chi connectivity index (χ2v) is 6.46. The Bertz CT molecular complexity index is 224. The van der Waals surface area contributed by atoms with Gasteiger partial charge in [-0.15, -0.1) is 0 Å². The zero-order chi connectivity index (χ0) is 12.0. The molecule has 1 aliphatic rings. The molecule has 0 saturated heterocycles. The first-order chi connectivity index (χ1) is 7.58. The molecular weight excluding hydrogens is 218 g/mol. The summed E-state index contributed by atoms with van der Waals surface area (Å²) in [6, 6.07) is 0. The minimum atomic E-state index is 0.226. The lowest BCUT2D eigenvalue weighted by atomic mass is 9.64. The number of thioether (sulfide) groups is 1. The van der Waals surface area contributed by atoms with Gasteiger partial charge in [-0.05, 0) is 36.9 Å². The van der Waals surface area contributed by atoms with E-state index in [2.05, 4.69) is 19.2 Å². The lowest BCUT2D eigenvalue weighted by Crippen LogP contribution is -2.43. The van der Waals surface area contributed by atoms with E-state index < -0.39 is 0 Å². The molecule has 3 heteroatoms. The van der Waals surface area contributed by atoms with Crippen molar-refractivity contribution in [2.75, 3.05) is 18.6 Å². The second-order valence-electron chi connectivity index (χ2n) is 5.47. The SMILES string of the molecule is CSCCC(=O)NCC1(CC(C)C)CCC1. The Morgan fingerprint density at radius 1 is 1.44 bits per heavy atom. The maximum atomic E-state index is 11.5. The van der Waals surface area contributed by atoms with E-state index in [1.165, 1.54) is 25.7 Å². The van der Waals surface area contributed by atoms with E-state index in [9.17, 15) is 4.79 Å². The molecule has 0 aromatic heterocycles. The molecule has 0 aromatic rings. The van der Waals surface area contributed by atoms with Crippen molar-refractivity contribution in [2.45, 2.75) is 46.0 Å². The zero-order valence-electron chi connectivity index (χ0n) is 10.8. The molecule has 0 radical (unpaired) electrons. The molecule has 0 unspecified atom stereocenters. The third kappa shape index (κ3) is 4.36. The Morgan fingerprint density at radius 3 is 2.56 bits per heavy atom. The maximum Gasteiger partial charge on any atom is 0.220 e. The van der Waals surface area contributed by atoms with Crippen LogP contribution in [0.25, 0.3) is 0 Å². The molecule has 0 spiro atoms. The van der Waals surface area contributed by atoms with Crippen molar-refractivity contribution in [3.8, 4) is 0 Å². The molecule has 0 bridgehead atoms. The lowest BCUT2D eigenvalue weighted by molar-refractivity contribution is -0.121. The van der Waals surface area contributed by atoms with E-state index in [4.69, 9.17) is 0 Å². The van der Waals surface area contributed by atoms with Gasteiger partial charge in [-0.1, -0.05) is 20.3 Å². The Kier molecular flexibility index (Phi) is 5.67. The number of hydrogen-bond acceptors (Lipinski definition) is 2. The number of carbonyl (C=O) groups excluding carboxylic acids is 1. The minimum Gasteiger partial charge on any atom is -0.356 e. The van der Waals surface area contributed by atoms with Crippen molar-refractivity contribution in [3.63, 3.8) is 0 Å². The van der Waals surface area contributed by atoms with Gasteiger partial charge in [0.25, 0.3) is 0 Å². The van der Waals surface area contributed by atoms with Crippen LogP contribution in [0.1, 0.15) is 46.0 Å². The van der Waals surface area contributed by atoms with Crippen molar-refractivity contribution in [1.82, 2.24) is 5.32 Å². The van der Waals surface area contributed by atoms with Crippen LogP contribution < -0.4 is 5.32 Å². The van der Waals surface area contributed by atoms with E-state index in [0.29, 0.717) is 11.8 Å². The van der Waals surface area contributed by atoms with Gasteiger partial charge < -0.3 is 5.32 Å². The molecule has 94 valence electrons. The van der Waals surface area contributed by atoms with Crippen LogP contribution in [0.15, 0.2) is 0 Å². The third-order valence-electron chi connectivity index (χ3n) is 3.45. The van der Waals surface area contributed by atoms with E-state index in [-0.39, 0.29) is 5.91 Å². The lowest BCUT2D eigenvalue weighted by Gasteiger charge is -2.43. The van der Waals surface area contributed by atoms with Crippen LogP contribution in [-0.4, -0.2) is 24.5 Å². The minimum absolute atomic E-state index is 0.226. The summed E-state index contributed by atoms with van der Waals surface area (Å²) in [5, 5.41) is 3.11. The van der Waals surface area contributed by atoms with Crippen LogP contribution in [0, 0.1) is 11.3 Å². The highest BCUT2D eigenvalue weighted by Crippen LogP contribution is 2.45. The Morgan fingerprint density at radius 2 is 2.12 bits per heavy atom. The Hall–Kier alpha value is -0.180. The van der Waals surface area contributed by atoms with Gasteiger partial charge in [0.05, 0.1) is 0 Å². The van der Waals surface area contributed by atoms with Crippen molar-refractivity contribution in [3.05, 3.63) is 0 Å². The van der Waals surface area contributed by atoms with Crippen LogP contribution in [0.5, 0.6) is 0 Å². The molecule has 1 N–H and O–H groups in total. The highest BCUT2D eigenvalue weighted by atomic mass is 32.2. The average molecular weight is 243 g/mol. The molecule has 1 saturated carbocycles. The summed E-state index contributed by atoms with van der Waals surface area (Å²) in [6.07, 6.45) is 7.91. The van der Waals surface area contributed by atoms with E-state index in [1.807, 2.05) is 6.26 Å². The van der Waals surface area contributed by atoms with Gasteiger partial charge >= 0.3 is 0 Å². The van der Waals surface area contributed by atoms with Gasteiger partial charge in [-0.25, -0.2) is 0 Å². The quantitative estimate of drug-likeness (QED) is 0.744. The summed E-state index contributed by atoms with van der Waals surface area (Å²) in [5.74, 6) is 1.90. The first-order valence-electron chi connectivity index (χ1n) is 6.34. The summed E-state index contributed by atoms with van der Waals surface area (Å²) >= 11 is 1.73. The molecule has 1 fully saturated rings. The van der Waals surface area contributed by atoms with Gasteiger partial charge in [-0.3, -0.25) is 4.79 Å². The number of nitrogens with one attached hydrogen (secondary N) is 1. The standard InChI is InChI=1S/C13H25NOS/c1-11(2)9-13(6-4-7-13)10-14-12(15)5-8-16-3/h11H,4-10H2,1-3H3,(H,14,15). The molecule has 0 heterocycles. The van der Waals surface area contributed by atoms with Crippen molar-refractivity contribution in [2.24, 2.45) is 11.3 Å². The summed E-state index contributed by atoms with van der Waals surface area (Å²) in [4.78, 5) is 11.5. The molecule has 1 aliphatic carbocycles. The average Bonchev–Trinajstić information content (AvgIpc) is 2.18. The molecule has 0 aromatic carbocycles. The molecule has 2 nitrogen and oxygen atoms in total. The van der Waals surface area contributed by atoms with Gasteiger partial charge in [-0.2, -0.15) is 11.8 Å². The molecule has 0 aliphatic heterocycles. The summed E-state index contributed by atoms with van der Waals surface area (Å²) in [5.41, 5.74) is 0.434. The van der Waals surface area contributed by atoms with Gasteiger partial charge in [0.2, 0.25) is 5.91 Å². The third-order valence-corrected chi connectivity index (χ3v) is 4.06. The van der Waals surface area contributed by atoms with Crippen LogP contribution in [0.2, 0.25) is 0 Å². The number of carbonyl (C=O) groups is 1. The first kappa shape index (κ1) is 13.9. The smallest absolute Gasteiger partial charge is 0.220 e. The Labute approximate surface area is 104 Å². The van der Waals surface area contributed by atoms with Crippen LogP contribution in [0.3, 0.4) is 0 Å². The monoisotopic (exact) mass is 243 g/mol. The predicted octanol–water partition coefficient (Wildman–Crippen LogP) is 3.07. The Balaban J connectivity index is 2.26. The molecule has 1 amide bonds. The number of amides is 1. The summed E-state index contributed by atoms with van der Waals surface area (Å²) < 4.78 is 0. The van der Waals surface area contributed by atoms with E-state index in [1.54, 1.807) is 11.8 Å². The highest BCUT2D eigenvalue weighted by molar-refractivity contribution is 7.98. The van der Waals surface area contributed by atoms with E-state index >= 15 is 0 Å². The van der Waals surface area contributed by atoms with Crippen LogP contribution in [-0.2, 0) is 4.79 Å². The fourth-order valence-corrected chi connectivity index (χ4v) is 2.95. The zero-order valence-corrected chi connectivity index (χ0v) is 11.7. The largest absolute Gasteiger partial charge is 0.356 e. The molecular formula is C13H25NOS. The van der Waals surface area contributed by atoms with Crippen LogP contribution >= 0.6 is 11.8 Å². The number of hydrogen-bond donors (Lipinski definition) is 1. The van der Waals surface area contributed by atoms with Crippen molar-refractivity contribution in [1.29, 1.82) is 0 Å². The molecule has 1 rings (SSSR count). The fraction of sp³-hybridized carbons (Fsp3) is 0.923. The number of rotatable bonds is 7. The maximum absolute atomic E-state index is 11.5. The van der Waals surface area contributed by atoms with Crippen molar-refractivity contribution < 1.29 is 4.79 Å². The van der Waals surface area contributed by atoms with Gasteiger partial charge in [0.15, 0.2) is 0 Å². The highest BCUT2D eigenvalue weighted by Gasteiger charge is 2.37.